The van der Waals surface area contributed by atoms with Gasteiger partial charge in [-0.05, 0) is 33.1 Å². The van der Waals surface area contributed by atoms with Gasteiger partial charge in [0.05, 0.1) is 0 Å². The van der Waals surface area contributed by atoms with E-state index in [0.29, 0.717) is 0 Å². The van der Waals surface area contributed by atoms with Crippen LogP contribution < -0.4 is 5.32 Å². The molecule has 0 aromatic carbocycles. The predicted molar refractivity (Wildman–Crippen MR) is 88.7 cm³/mol. The van der Waals surface area contributed by atoms with Gasteiger partial charge in [-0.15, -0.1) is 0 Å². The van der Waals surface area contributed by atoms with E-state index in [1.165, 1.54) is 18.4 Å². The summed E-state index contributed by atoms with van der Waals surface area (Å²) < 4.78 is 0. The number of carbonyl (C=O) groups is 1. The molecule has 0 bridgehead atoms. The number of hydrogen-bond acceptors (Lipinski definition) is 1. The van der Waals surface area contributed by atoms with Gasteiger partial charge in [-0.25, -0.2) is 0 Å². The van der Waals surface area contributed by atoms with Gasteiger partial charge in [0.1, 0.15) is 0 Å². The molecule has 20 heavy (non-hydrogen) atoms. The van der Waals surface area contributed by atoms with E-state index in [-0.39, 0.29) is 11.4 Å². The minimum Gasteiger partial charge on any atom is -0.351 e. The van der Waals surface area contributed by atoms with Gasteiger partial charge in [-0.2, -0.15) is 0 Å². The highest BCUT2D eigenvalue weighted by molar-refractivity contribution is 5.73. The summed E-state index contributed by atoms with van der Waals surface area (Å²) in [7, 11) is 0. The van der Waals surface area contributed by atoms with Crippen LogP contribution in [-0.4, -0.2) is 11.4 Å². The quantitative estimate of drug-likeness (QED) is 0.758. The fourth-order valence-corrected chi connectivity index (χ4v) is 2.00. The first-order valence-corrected chi connectivity index (χ1v) is 7.71. The average molecular weight is 277 g/mol. The van der Waals surface area contributed by atoms with E-state index in [4.69, 9.17) is 0 Å². The summed E-state index contributed by atoms with van der Waals surface area (Å²) in [5.74, 6) is 0.0791. The number of rotatable bonds is 5. The van der Waals surface area contributed by atoms with E-state index in [1.54, 1.807) is 6.92 Å². The number of hydrogen-bond donors (Lipinski definition) is 1. The zero-order chi connectivity index (χ0) is 15.4. The summed E-state index contributed by atoms with van der Waals surface area (Å²) >= 11 is 0. The topological polar surface area (TPSA) is 29.1 Å². The molecule has 0 aromatic rings. The van der Waals surface area contributed by atoms with Crippen LogP contribution in [0.15, 0.2) is 36.0 Å². The maximum Gasteiger partial charge on any atom is 0.217 e. The molecule has 1 N–H and O–H groups in total. The molecule has 1 unspecified atom stereocenters. The monoisotopic (exact) mass is 277 g/mol. The normalized spacial score (nSPS) is 16.4. The lowest BCUT2D eigenvalue weighted by atomic mass is 9.92. The standard InChI is InChI=1S/C10H21NO.C8H10/c1-5-7-8-10(4,6-2)11-9(3)12;1-8-6-4-2-3-5-7-8/h5-8H2,1-4H3,(H,11,12);2-6H,7H2,1H3. The number of nitrogens with one attached hydrogen (secondary N) is 1. The van der Waals surface area contributed by atoms with E-state index >= 15 is 0 Å². The molecule has 2 nitrogen and oxygen atoms in total. The molecular weight excluding hydrogens is 246 g/mol. The van der Waals surface area contributed by atoms with Gasteiger partial charge in [0, 0.05) is 12.5 Å². The van der Waals surface area contributed by atoms with Crippen LogP contribution in [0.25, 0.3) is 0 Å². The summed E-state index contributed by atoms with van der Waals surface area (Å²) in [5.41, 5.74) is 1.44. The molecule has 2 heteroatoms. The Hall–Kier alpha value is -1.31. The fraction of sp³-hybridized carbons (Fsp3) is 0.611. The van der Waals surface area contributed by atoms with Crippen LogP contribution in [0.5, 0.6) is 0 Å². The van der Waals surface area contributed by atoms with Crippen molar-refractivity contribution in [3.05, 3.63) is 36.0 Å². The highest BCUT2D eigenvalue weighted by Gasteiger charge is 2.21. The summed E-state index contributed by atoms with van der Waals surface area (Å²) in [6, 6.07) is 0. The molecule has 1 amide bonds. The Bertz CT molecular complexity index is 366. The SMILES string of the molecule is CC1=CC=CC=CC1.CCCCC(C)(CC)NC(C)=O. The molecule has 0 aliphatic heterocycles. The van der Waals surface area contributed by atoms with Gasteiger partial charge in [-0.3, -0.25) is 4.79 Å². The van der Waals surface area contributed by atoms with Crippen LogP contribution in [0, 0.1) is 0 Å². The molecule has 0 aromatic heterocycles. The predicted octanol–water partition coefficient (Wildman–Crippen LogP) is 4.93. The first-order valence-electron chi connectivity index (χ1n) is 7.71. The number of allylic oxidation sites excluding steroid dienone is 6. The van der Waals surface area contributed by atoms with Gasteiger partial charge >= 0.3 is 0 Å². The molecule has 0 spiro atoms. The third-order valence-electron chi connectivity index (χ3n) is 3.52. The zero-order valence-electron chi connectivity index (χ0n) is 13.8. The second kappa shape index (κ2) is 10.5. The van der Waals surface area contributed by atoms with Crippen LogP contribution >= 0.6 is 0 Å². The van der Waals surface area contributed by atoms with Crippen molar-refractivity contribution in [1.29, 1.82) is 0 Å². The minimum atomic E-state index is 0.0157. The summed E-state index contributed by atoms with van der Waals surface area (Å²) in [6.45, 7) is 10.1. The third kappa shape index (κ3) is 9.60. The summed E-state index contributed by atoms with van der Waals surface area (Å²) in [6.07, 6.45) is 16.1. The minimum absolute atomic E-state index is 0.0157. The van der Waals surface area contributed by atoms with Gasteiger partial charge in [0.15, 0.2) is 0 Å². The van der Waals surface area contributed by atoms with Crippen molar-refractivity contribution in [2.75, 3.05) is 0 Å². The van der Waals surface area contributed by atoms with Crippen LogP contribution in [0.4, 0.5) is 0 Å². The lowest BCUT2D eigenvalue weighted by molar-refractivity contribution is -0.120. The van der Waals surface area contributed by atoms with Crippen molar-refractivity contribution in [2.45, 2.75) is 72.3 Å². The van der Waals surface area contributed by atoms with Crippen molar-refractivity contribution in [3.63, 3.8) is 0 Å². The molecule has 1 aliphatic rings. The van der Waals surface area contributed by atoms with E-state index in [0.717, 1.165) is 19.3 Å². The number of unbranched alkanes of at least 4 members (excludes halogenated alkanes) is 1. The Morgan fingerprint density at radius 3 is 2.55 bits per heavy atom. The molecular formula is C18H31NO. The molecule has 1 atom stereocenters. The zero-order valence-corrected chi connectivity index (χ0v) is 13.8. The van der Waals surface area contributed by atoms with Crippen molar-refractivity contribution >= 4 is 5.91 Å². The molecule has 114 valence electrons. The van der Waals surface area contributed by atoms with E-state index in [2.05, 4.69) is 63.4 Å². The lowest BCUT2D eigenvalue weighted by Crippen LogP contribution is -2.44. The van der Waals surface area contributed by atoms with Crippen molar-refractivity contribution in [3.8, 4) is 0 Å². The highest BCUT2D eigenvalue weighted by Crippen LogP contribution is 2.17. The Balaban J connectivity index is 0.000000388. The van der Waals surface area contributed by atoms with Crippen LogP contribution in [-0.2, 0) is 4.79 Å². The maximum absolute atomic E-state index is 10.9. The second-order valence-electron chi connectivity index (χ2n) is 5.73. The van der Waals surface area contributed by atoms with Gasteiger partial charge in [0.25, 0.3) is 0 Å². The maximum atomic E-state index is 10.9. The first kappa shape index (κ1) is 18.7. The summed E-state index contributed by atoms with van der Waals surface area (Å²) in [5, 5.41) is 3.00. The highest BCUT2D eigenvalue weighted by atomic mass is 16.1. The van der Waals surface area contributed by atoms with Gasteiger partial charge in [0.2, 0.25) is 5.91 Å². The molecule has 1 aliphatic carbocycles. The largest absolute Gasteiger partial charge is 0.351 e. The fourth-order valence-electron chi connectivity index (χ4n) is 2.00. The van der Waals surface area contributed by atoms with Gasteiger partial charge in [-0.1, -0.05) is 62.6 Å². The molecule has 0 heterocycles. The van der Waals surface area contributed by atoms with E-state index in [9.17, 15) is 4.79 Å². The van der Waals surface area contributed by atoms with E-state index < -0.39 is 0 Å². The molecule has 0 fully saturated rings. The Morgan fingerprint density at radius 2 is 2.00 bits per heavy atom. The second-order valence-corrected chi connectivity index (χ2v) is 5.73. The lowest BCUT2D eigenvalue weighted by Gasteiger charge is -2.29. The Labute approximate surface area is 125 Å². The molecule has 1 rings (SSSR count). The summed E-state index contributed by atoms with van der Waals surface area (Å²) in [4.78, 5) is 10.9. The Morgan fingerprint density at radius 1 is 1.30 bits per heavy atom. The number of carbonyl (C=O) groups excluding carboxylic acids is 1. The third-order valence-corrected chi connectivity index (χ3v) is 3.52. The van der Waals surface area contributed by atoms with E-state index in [1.807, 2.05) is 0 Å². The molecule has 0 saturated carbocycles. The van der Waals surface area contributed by atoms with Gasteiger partial charge < -0.3 is 5.32 Å². The van der Waals surface area contributed by atoms with Crippen molar-refractivity contribution < 1.29 is 4.79 Å². The van der Waals surface area contributed by atoms with Crippen LogP contribution in [0.2, 0.25) is 0 Å². The van der Waals surface area contributed by atoms with Crippen LogP contribution in [0.3, 0.4) is 0 Å². The Kier molecular flexibility index (Phi) is 9.79. The van der Waals surface area contributed by atoms with Crippen molar-refractivity contribution in [1.82, 2.24) is 5.32 Å². The van der Waals surface area contributed by atoms with Crippen LogP contribution in [0.1, 0.15) is 66.7 Å². The molecule has 0 radical (unpaired) electrons. The number of amides is 1. The van der Waals surface area contributed by atoms with Crippen molar-refractivity contribution in [2.24, 2.45) is 0 Å². The molecule has 0 saturated heterocycles. The average Bonchev–Trinajstić information content (AvgIpc) is 2.64. The smallest absolute Gasteiger partial charge is 0.217 e. The first-order chi connectivity index (χ1) is 9.43.